The Kier molecular flexibility index (Phi) is 8.64. The van der Waals surface area contributed by atoms with Crippen molar-refractivity contribution in [2.45, 2.75) is 13.0 Å². The maximum Gasteiger partial charge on any atom is 0.164 e. The zero-order valence-corrected chi connectivity index (χ0v) is 12.4. The minimum Gasteiger partial charge on any atom is -0.472 e. The van der Waals surface area contributed by atoms with Crippen LogP contribution in [0.3, 0.4) is 0 Å². The zero-order valence-electron chi connectivity index (χ0n) is 12.4. The molecule has 0 atom stereocenters. The third-order valence-electron chi connectivity index (χ3n) is 2.43. The summed E-state index contributed by atoms with van der Waals surface area (Å²) in [7, 11) is 1.91. The lowest BCUT2D eigenvalue weighted by atomic mass is 10.2. The molecule has 8 heteroatoms. The molecule has 0 aromatic carbocycles. The van der Waals surface area contributed by atoms with Crippen LogP contribution < -0.4 is 5.32 Å². The smallest absolute Gasteiger partial charge is 0.164 e. The highest BCUT2D eigenvalue weighted by Gasteiger charge is 2.03. The molecule has 118 valence electrons. The molecule has 0 saturated heterocycles. The van der Waals surface area contributed by atoms with E-state index >= 15 is 0 Å². The summed E-state index contributed by atoms with van der Waals surface area (Å²) in [5.41, 5.74) is 0.731. The number of furan rings is 1. The summed E-state index contributed by atoms with van der Waals surface area (Å²) in [5, 5.41) is 10.2. The molecule has 8 nitrogen and oxygen atoms in total. The number of hydrogen-bond acceptors (Lipinski definition) is 7. The molecule has 22 heavy (non-hydrogen) atoms. The standard InChI is InChI=1S/C9H9NO3.C5H10N4/c1-10-13-9(3-2-5-11)8-4-6-12-7-8;1-6-2-3-9-5-7-4-8-9/h3-7H,1-2H2;4-6H,2-3H2,1H3/b9-3-;. The molecular formula is C14H19N5O3. The Hall–Kier alpha value is -2.74. The lowest BCUT2D eigenvalue weighted by Crippen LogP contribution is -2.14. The molecule has 0 aliphatic heterocycles. The van der Waals surface area contributed by atoms with E-state index in [-0.39, 0.29) is 6.42 Å². The highest BCUT2D eigenvalue weighted by molar-refractivity contribution is 5.63. The van der Waals surface area contributed by atoms with Crippen LogP contribution in [0, 0.1) is 0 Å². The second-order valence-electron chi connectivity index (χ2n) is 3.97. The molecule has 0 aliphatic rings. The molecule has 0 fully saturated rings. The number of nitrogens with one attached hydrogen (secondary N) is 1. The number of rotatable bonds is 8. The summed E-state index contributed by atoms with van der Waals surface area (Å²) < 4.78 is 6.64. The van der Waals surface area contributed by atoms with Crippen molar-refractivity contribution in [3.63, 3.8) is 0 Å². The number of likely N-dealkylation sites (N-methyl/N-ethyl adjacent to an activating group) is 1. The number of aldehydes is 1. The van der Waals surface area contributed by atoms with Crippen molar-refractivity contribution in [2.24, 2.45) is 5.16 Å². The van der Waals surface area contributed by atoms with Gasteiger partial charge in [-0.3, -0.25) is 4.68 Å². The minimum absolute atomic E-state index is 0.274. The van der Waals surface area contributed by atoms with E-state index in [1.165, 1.54) is 18.9 Å². The number of nitrogens with zero attached hydrogens (tertiary/aromatic N) is 4. The fraction of sp³-hybridized carbons (Fsp3) is 0.286. The fourth-order valence-electron chi connectivity index (χ4n) is 1.41. The molecule has 1 N–H and O–H groups in total. The Labute approximate surface area is 128 Å². The summed E-state index contributed by atoms with van der Waals surface area (Å²) in [6.45, 7) is 5.01. The van der Waals surface area contributed by atoms with E-state index < -0.39 is 0 Å². The maximum absolute atomic E-state index is 10.1. The molecule has 0 spiro atoms. The van der Waals surface area contributed by atoms with E-state index in [1.54, 1.807) is 23.2 Å². The summed E-state index contributed by atoms with van der Waals surface area (Å²) in [6, 6.07) is 1.71. The van der Waals surface area contributed by atoms with Crippen LogP contribution in [-0.2, 0) is 16.2 Å². The SMILES string of the molecule is C=NO/C(=C\CC=O)c1ccoc1.CNCCn1cncn1. The normalized spacial score (nSPS) is 10.5. The topological polar surface area (TPSA) is 94.5 Å². The van der Waals surface area contributed by atoms with Gasteiger partial charge in [-0.05, 0) is 19.2 Å². The highest BCUT2D eigenvalue weighted by Crippen LogP contribution is 2.16. The van der Waals surface area contributed by atoms with Crippen molar-refractivity contribution >= 4 is 18.8 Å². The van der Waals surface area contributed by atoms with Gasteiger partial charge in [0.25, 0.3) is 0 Å². The number of oxime groups is 1. The molecule has 2 aromatic heterocycles. The summed E-state index contributed by atoms with van der Waals surface area (Å²) in [5.74, 6) is 0.468. The van der Waals surface area contributed by atoms with Crippen molar-refractivity contribution in [2.75, 3.05) is 13.6 Å². The Morgan fingerprint density at radius 1 is 1.64 bits per heavy atom. The summed E-state index contributed by atoms with van der Waals surface area (Å²) in [6.07, 6.45) is 8.90. The predicted molar refractivity (Wildman–Crippen MR) is 81.9 cm³/mol. The first kappa shape index (κ1) is 17.3. The molecule has 2 rings (SSSR count). The van der Waals surface area contributed by atoms with Gasteiger partial charge in [0.1, 0.15) is 25.2 Å². The number of aromatic nitrogens is 3. The van der Waals surface area contributed by atoms with Gasteiger partial charge in [0, 0.05) is 19.7 Å². The van der Waals surface area contributed by atoms with Gasteiger partial charge in [-0.2, -0.15) is 5.10 Å². The average Bonchev–Trinajstić information content (AvgIpc) is 3.23. The van der Waals surface area contributed by atoms with E-state index in [1.807, 2.05) is 7.05 Å². The lowest BCUT2D eigenvalue weighted by molar-refractivity contribution is -0.107. The van der Waals surface area contributed by atoms with E-state index in [2.05, 4.69) is 27.3 Å². The highest BCUT2D eigenvalue weighted by atomic mass is 16.6. The van der Waals surface area contributed by atoms with E-state index in [9.17, 15) is 4.79 Å². The van der Waals surface area contributed by atoms with Crippen molar-refractivity contribution in [3.8, 4) is 0 Å². The number of carbonyl (C=O) groups excluding carboxylic acids is 1. The van der Waals surface area contributed by atoms with E-state index in [0.717, 1.165) is 24.9 Å². The van der Waals surface area contributed by atoms with Crippen LogP contribution in [0.1, 0.15) is 12.0 Å². The van der Waals surface area contributed by atoms with Crippen molar-refractivity contribution < 1.29 is 14.0 Å². The van der Waals surface area contributed by atoms with Gasteiger partial charge in [-0.25, -0.2) is 4.98 Å². The molecule has 0 radical (unpaired) electrons. The minimum atomic E-state index is 0.274. The molecule has 2 heterocycles. The monoisotopic (exact) mass is 305 g/mol. The Balaban J connectivity index is 0.000000235. The molecule has 0 saturated carbocycles. The van der Waals surface area contributed by atoms with Gasteiger partial charge in [0.15, 0.2) is 5.76 Å². The van der Waals surface area contributed by atoms with Crippen LogP contribution in [0.2, 0.25) is 0 Å². The van der Waals surface area contributed by atoms with Gasteiger partial charge < -0.3 is 19.4 Å². The largest absolute Gasteiger partial charge is 0.472 e. The maximum atomic E-state index is 10.1. The van der Waals surface area contributed by atoms with Crippen molar-refractivity contribution in [3.05, 3.63) is 42.9 Å². The third-order valence-corrected chi connectivity index (χ3v) is 2.43. The van der Waals surface area contributed by atoms with E-state index in [4.69, 9.17) is 9.25 Å². The second kappa shape index (κ2) is 11.0. The Morgan fingerprint density at radius 3 is 3.05 bits per heavy atom. The molecule has 0 amide bonds. The van der Waals surface area contributed by atoms with Gasteiger partial charge in [0.05, 0.1) is 18.4 Å². The number of allylic oxidation sites excluding steroid dienone is 1. The molecule has 0 bridgehead atoms. The first-order valence-electron chi connectivity index (χ1n) is 6.58. The third kappa shape index (κ3) is 6.62. The fourth-order valence-corrected chi connectivity index (χ4v) is 1.41. The predicted octanol–water partition coefficient (Wildman–Crippen LogP) is 1.34. The van der Waals surface area contributed by atoms with Gasteiger partial charge in [-0.1, -0.05) is 5.16 Å². The number of hydrogen-bond donors (Lipinski definition) is 1. The van der Waals surface area contributed by atoms with Gasteiger partial charge >= 0.3 is 0 Å². The Morgan fingerprint density at radius 2 is 2.50 bits per heavy atom. The van der Waals surface area contributed by atoms with Crippen LogP contribution in [0.5, 0.6) is 0 Å². The van der Waals surface area contributed by atoms with Gasteiger partial charge in [0.2, 0.25) is 0 Å². The first-order valence-corrected chi connectivity index (χ1v) is 6.58. The van der Waals surface area contributed by atoms with E-state index in [0.29, 0.717) is 5.76 Å². The average molecular weight is 305 g/mol. The summed E-state index contributed by atoms with van der Waals surface area (Å²) >= 11 is 0. The molecule has 0 aliphatic carbocycles. The Bertz CT molecular complexity index is 549. The number of carbonyl (C=O) groups is 1. The van der Waals surface area contributed by atoms with Crippen molar-refractivity contribution in [1.82, 2.24) is 20.1 Å². The van der Waals surface area contributed by atoms with Crippen LogP contribution in [0.25, 0.3) is 5.76 Å². The second-order valence-corrected chi connectivity index (χ2v) is 3.97. The van der Waals surface area contributed by atoms with Crippen LogP contribution in [0.15, 0.2) is 46.9 Å². The molecule has 0 unspecified atom stereocenters. The molecule has 2 aromatic rings. The van der Waals surface area contributed by atoms with Crippen LogP contribution >= 0.6 is 0 Å². The van der Waals surface area contributed by atoms with Gasteiger partial charge in [-0.15, -0.1) is 0 Å². The zero-order chi connectivity index (χ0) is 16.0. The quantitative estimate of drug-likeness (QED) is 0.342. The first-order chi connectivity index (χ1) is 10.8. The van der Waals surface area contributed by atoms with Crippen LogP contribution in [-0.4, -0.2) is 41.4 Å². The summed E-state index contributed by atoms with van der Waals surface area (Å²) in [4.78, 5) is 18.8. The lowest BCUT2D eigenvalue weighted by Gasteiger charge is -1.98. The van der Waals surface area contributed by atoms with Crippen molar-refractivity contribution in [1.29, 1.82) is 0 Å². The molecular weight excluding hydrogens is 286 g/mol. The van der Waals surface area contributed by atoms with Crippen LogP contribution in [0.4, 0.5) is 0 Å².